The van der Waals surface area contributed by atoms with Gasteiger partial charge in [0, 0.05) is 50.6 Å². The highest BCUT2D eigenvalue weighted by Crippen LogP contribution is 2.21. The van der Waals surface area contributed by atoms with E-state index in [1.165, 1.54) is 18.4 Å². The van der Waals surface area contributed by atoms with Crippen LogP contribution in [0.1, 0.15) is 18.4 Å². The molecule has 1 aliphatic heterocycles. The van der Waals surface area contributed by atoms with Crippen molar-refractivity contribution in [3.05, 3.63) is 59.4 Å². The van der Waals surface area contributed by atoms with Crippen molar-refractivity contribution in [1.82, 2.24) is 20.1 Å². The Morgan fingerprint density at radius 3 is 2.50 bits per heavy atom. The average Bonchev–Trinajstić information content (AvgIpc) is 3.21. The number of halogens is 2. The third-order valence-corrected chi connectivity index (χ3v) is 5.54. The Hall–Kier alpha value is -1.25. The molecule has 1 aromatic carbocycles. The Balaban J connectivity index is 0.00000280. The summed E-state index contributed by atoms with van der Waals surface area (Å²) in [6.07, 6.45) is 6.57. The predicted octanol–water partition coefficient (Wildman–Crippen LogP) is 3.84. The van der Waals surface area contributed by atoms with Crippen molar-refractivity contribution in [2.75, 3.05) is 33.2 Å². The smallest absolute Gasteiger partial charge is 0.191 e. The van der Waals surface area contributed by atoms with Crippen LogP contribution in [-0.4, -0.2) is 48.7 Å². The molecule has 0 unspecified atom stereocenters. The number of aliphatic imine (C=N–C) groups is 1. The molecule has 1 aromatic heterocycles. The maximum Gasteiger partial charge on any atom is 0.191 e. The third-order valence-electron chi connectivity index (χ3n) is 5.17. The van der Waals surface area contributed by atoms with Gasteiger partial charge in [-0.15, -0.1) is 24.0 Å². The molecule has 0 aliphatic carbocycles. The molecule has 28 heavy (non-hydrogen) atoms. The molecular weight excluding hydrogens is 485 g/mol. The predicted molar refractivity (Wildman–Crippen MR) is 129 cm³/mol. The van der Waals surface area contributed by atoms with Crippen molar-refractivity contribution in [1.29, 1.82) is 0 Å². The van der Waals surface area contributed by atoms with Gasteiger partial charge in [-0.25, -0.2) is 0 Å². The number of benzene rings is 1. The quantitative estimate of drug-likeness (QED) is 0.335. The van der Waals surface area contributed by atoms with E-state index in [2.05, 4.69) is 49.6 Å². The van der Waals surface area contributed by atoms with Gasteiger partial charge in [0.25, 0.3) is 0 Å². The molecule has 154 valence electrons. The van der Waals surface area contributed by atoms with Crippen molar-refractivity contribution in [2.24, 2.45) is 10.9 Å². The first-order chi connectivity index (χ1) is 13.2. The lowest BCUT2D eigenvalue weighted by molar-refractivity contribution is 0.178. The van der Waals surface area contributed by atoms with Gasteiger partial charge in [-0.3, -0.25) is 9.89 Å². The van der Waals surface area contributed by atoms with Gasteiger partial charge >= 0.3 is 0 Å². The van der Waals surface area contributed by atoms with Gasteiger partial charge in [-0.2, -0.15) is 0 Å². The fourth-order valence-electron chi connectivity index (χ4n) is 3.50. The average molecular weight is 516 g/mol. The normalized spacial score (nSPS) is 15.9. The van der Waals surface area contributed by atoms with Gasteiger partial charge in [0.15, 0.2) is 5.96 Å². The van der Waals surface area contributed by atoms with E-state index in [0.717, 1.165) is 50.3 Å². The number of nitrogens with one attached hydrogen (secondary N) is 2. The molecule has 2 N–H and O–H groups in total. The second-order valence-electron chi connectivity index (χ2n) is 7.11. The summed E-state index contributed by atoms with van der Waals surface area (Å²) in [7, 11) is 1.83. The first-order valence-corrected chi connectivity index (χ1v) is 10.1. The highest BCUT2D eigenvalue weighted by molar-refractivity contribution is 14.0. The molecule has 3 rings (SSSR count). The van der Waals surface area contributed by atoms with Crippen molar-refractivity contribution in [2.45, 2.75) is 25.9 Å². The topological polar surface area (TPSA) is 44.6 Å². The Labute approximate surface area is 190 Å². The van der Waals surface area contributed by atoms with Crippen LogP contribution < -0.4 is 10.6 Å². The van der Waals surface area contributed by atoms with Crippen LogP contribution in [0.3, 0.4) is 0 Å². The summed E-state index contributed by atoms with van der Waals surface area (Å²) >= 11 is 6.29. The fourth-order valence-corrected chi connectivity index (χ4v) is 3.70. The second kappa shape index (κ2) is 12.3. The Morgan fingerprint density at radius 2 is 1.82 bits per heavy atom. The number of hydrogen-bond donors (Lipinski definition) is 2. The lowest BCUT2D eigenvalue weighted by Crippen LogP contribution is -2.43. The van der Waals surface area contributed by atoms with E-state index >= 15 is 0 Å². The van der Waals surface area contributed by atoms with E-state index in [4.69, 9.17) is 11.6 Å². The van der Waals surface area contributed by atoms with Crippen LogP contribution in [0.25, 0.3) is 0 Å². The molecule has 7 heteroatoms. The molecule has 0 spiro atoms. The number of guanidine groups is 1. The zero-order valence-corrected chi connectivity index (χ0v) is 19.6. The summed E-state index contributed by atoms with van der Waals surface area (Å²) in [5, 5.41) is 7.74. The number of likely N-dealkylation sites (tertiary alicyclic amines) is 1. The van der Waals surface area contributed by atoms with Gasteiger partial charge < -0.3 is 15.2 Å². The summed E-state index contributed by atoms with van der Waals surface area (Å²) in [6.45, 7) is 5.97. The summed E-state index contributed by atoms with van der Waals surface area (Å²) in [6, 6.07) is 12.2. The summed E-state index contributed by atoms with van der Waals surface area (Å²) < 4.78 is 2.16. The van der Waals surface area contributed by atoms with E-state index in [1.54, 1.807) is 0 Å². The molecule has 0 radical (unpaired) electrons. The van der Waals surface area contributed by atoms with E-state index < -0.39 is 0 Å². The molecule has 0 amide bonds. The van der Waals surface area contributed by atoms with Gasteiger partial charge in [0.05, 0.1) is 0 Å². The number of rotatable bonds is 7. The zero-order chi connectivity index (χ0) is 18.9. The molecule has 1 aliphatic rings. The Kier molecular flexibility index (Phi) is 10.2. The molecule has 0 atom stereocenters. The standard InChI is InChI=1S/C21H30ClN5.HI/c1-23-21(24-10-15-26-11-4-5-12-26)25-16-18-8-13-27(14-9-18)17-19-6-2-3-7-20(19)22;/h2-7,11-12,18H,8-10,13-17H2,1H3,(H2,23,24,25);1H. The molecule has 1 fully saturated rings. The first-order valence-electron chi connectivity index (χ1n) is 9.75. The maximum atomic E-state index is 6.29. The minimum atomic E-state index is 0. The van der Waals surface area contributed by atoms with Crippen LogP contribution >= 0.6 is 35.6 Å². The molecule has 0 saturated carbocycles. The summed E-state index contributed by atoms with van der Waals surface area (Å²) in [5.74, 6) is 1.58. The van der Waals surface area contributed by atoms with Gasteiger partial charge in [0.1, 0.15) is 0 Å². The number of nitrogens with zero attached hydrogens (tertiary/aromatic N) is 3. The highest BCUT2D eigenvalue weighted by atomic mass is 127. The largest absolute Gasteiger partial charge is 0.356 e. The number of hydrogen-bond acceptors (Lipinski definition) is 2. The van der Waals surface area contributed by atoms with Crippen LogP contribution in [0.5, 0.6) is 0 Å². The van der Waals surface area contributed by atoms with Crippen LogP contribution in [0.15, 0.2) is 53.8 Å². The Morgan fingerprint density at radius 1 is 1.11 bits per heavy atom. The monoisotopic (exact) mass is 515 g/mol. The van der Waals surface area contributed by atoms with Crippen molar-refractivity contribution in [3.63, 3.8) is 0 Å². The fraction of sp³-hybridized carbons (Fsp3) is 0.476. The van der Waals surface area contributed by atoms with E-state index in [9.17, 15) is 0 Å². The van der Waals surface area contributed by atoms with Crippen molar-refractivity contribution < 1.29 is 0 Å². The van der Waals surface area contributed by atoms with Crippen LogP contribution in [-0.2, 0) is 13.1 Å². The molecule has 5 nitrogen and oxygen atoms in total. The van der Waals surface area contributed by atoms with E-state index in [1.807, 2.05) is 31.3 Å². The number of piperidine rings is 1. The minimum absolute atomic E-state index is 0. The second-order valence-corrected chi connectivity index (χ2v) is 7.52. The summed E-state index contributed by atoms with van der Waals surface area (Å²) in [5.41, 5.74) is 1.23. The zero-order valence-electron chi connectivity index (χ0n) is 16.5. The van der Waals surface area contributed by atoms with Gasteiger partial charge in [0.2, 0.25) is 0 Å². The molecule has 0 bridgehead atoms. The van der Waals surface area contributed by atoms with Crippen LogP contribution in [0.2, 0.25) is 5.02 Å². The minimum Gasteiger partial charge on any atom is -0.356 e. The molecular formula is C21H31ClIN5. The van der Waals surface area contributed by atoms with Crippen molar-refractivity contribution >= 4 is 41.5 Å². The maximum absolute atomic E-state index is 6.29. The highest BCUT2D eigenvalue weighted by Gasteiger charge is 2.20. The third kappa shape index (κ3) is 7.29. The van der Waals surface area contributed by atoms with E-state index in [0.29, 0.717) is 5.92 Å². The van der Waals surface area contributed by atoms with E-state index in [-0.39, 0.29) is 24.0 Å². The first kappa shape index (κ1) is 23.0. The van der Waals surface area contributed by atoms with Crippen LogP contribution in [0.4, 0.5) is 0 Å². The van der Waals surface area contributed by atoms with Crippen molar-refractivity contribution in [3.8, 4) is 0 Å². The number of aromatic nitrogens is 1. The molecule has 1 saturated heterocycles. The summed E-state index contributed by atoms with van der Waals surface area (Å²) in [4.78, 5) is 6.83. The van der Waals surface area contributed by atoms with Gasteiger partial charge in [-0.1, -0.05) is 29.8 Å². The molecule has 2 aromatic rings. The van der Waals surface area contributed by atoms with Crippen LogP contribution in [0, 0.1) is 5.92 Å². The lowest BCUT2D eigenvalue weighted by atomic mass is 9.96. The lowest BCUT2D eigenvalue weighted by Gasteiger charge is -2.32. The molecule has 2 heterocycles. The Bertz CT molecular complexity index is 711. The van der Waals surface area contributed by atoms with Gasteiger partial charge in [-0.05, 0) is 55.6 Å². The SMILES string of the molecule is CN=C(NCCn1cccc1)NCC1CCN(Cc2ccccc2Cl)CC1.I.